The summed E-state index contributed by atoms with van der Waals surface area (Å²) in [5, 5.41) is 7.18. The van der Waals surface area contributed by atoms with Crippen molar-refractivity contribution in [3.63, 3.8) is 0 Å². The maximum Gasteiger partial charge on any atom is 0.225 e. The minimum atomic E-state index is -0.780. The molecule has 0 spiro atoms. The predicted molar refractivity (Wildman–Crippen MR) is 101 cm³/mol. The van der Waals surface area contributed by atoms with Gasteiger partial charge in [-0.3, -0.25) is 0 Å². The molecular formula is C19H14F3N7. The molecule has 3 N–H and O–H groups in total. The lowest BCUT2D eigenvalue weighted by Gasteiger charge is -2.09. The number of aromatic nitrogens is 5. The van der Waals surface area contributed by atoms with Crippen LogP contribution in [-0.2, 0) is 7.05 Å². The van der Waals surface area contributed by atoms with Gasteiger partial charge in [-0.1, -0.05) is 0 Å². The smallest absolute Gasteiger partial charge is 0.225 e. The molecule has 10 heteroatoms. The molecule has 4 aromatic rings. The Bertz CT molecular complexity index is 1190. The van der Waals surface area contributed by atoms with Crippen molar-refractivity contribution in [1.82, 2.24) is 24.7 Å². The van der Waals surface area contributed by atoms with Gasteiger partial charge in [0.05, 0.1) is 0 Å². The summed E-state index contributed by atoms with van der Waals surface area (Å²) in [6, 6.07) is 8.27. The van der Waals surface area contributed by atoms with Gasteiger partial charge in [0.15, 0.2) is 17.5 Å². The highest BCUT2D eigenvalue weighted by Crippen LogP contribution is 2.30. The van der Waals surface area contributed by atoms with Crippen LogP contribution >= 0.6 is 0 Å². The van der Waals surface area contributed by atoms with Crippen LogP contribution in [0.1, 0.15) is 0 Å². The molecule has 0 radical (unpaired) electrons. The van der Waals surface area contributed by atoms with Gasteiger partial charge in [-0.2, -0.15) is 9.37 Å². The van der Waals surface area contributed by atoms with Gasteiger partial charge in [0.1, 0.15) is 5.82 Å². The Labute approximate surface area is 163 Å². The van der Waals surface area contributed by atoms with E-state index in [4.69, 9.17) is 5.73 Å². The molecule has 0 atom stereocenters. The van der Waals surface area contributed by atoms with Crippen LogP contribution in [0.5, 0.6) is 0 Å². The quantitative estimate of drug-likeness (QED) is 0.510. The predicted octanol–water partition coefficient (Wildman–Crippen LogP) is 3.68. The normalized spacial score (nSPS) is 10.9. The van der Waals surface area contributed by atoms with Crippen LogP contribution in [0.25, 0.3) is 22.5 Å². The van der Waals surface area contributed by atoms with Gasteiger partial charge in [0, 0.05) is 41.8 Å². The van der Waals surface area contributed by atoms with Gasteiger partial charge in [-0.25, -0.2) is 23.4 Å². The van der Waals surface area contributed by atoms with Crippen molar-refractivity contribution in [2.75, 3.05) is 11.1 Å². The zero-order chi connectivity index (χ0) is 20.5. The van der Waals surface area contributed by atoms with E-state index in [1.807, 2.05) is 0 Å². The molecule has 4 rings (SSSR count). The minimum Gasteiger partial charge on any atom is -0.381 e. The Morgan fingerprint density at radius 2 is 1.83 bits per heavy atom. The van der Waals surface area contributed by atoms with Gasteiger partial charge < -0.3 is 11.1 Å². The lowest BCUT2D eigenvalue weighted by molar-refractivity contribution is 0.584. The molecule has 146 valence electrons. The summed E-state index contributed by atoms with van der Waals surface area (Å²) in [7, 11) is 1.65. The average molecular weight is 397 g/mol. The number of hydrogen-bond acceptors (Lipinski definition) is 6. The van der Waals surface area contributed by atoms with Gasteiger partial charge in [0.2, 0.25) is 11.9 Å². The summed E-state index contributed by atoms with van der Waals surface area (Å²) >= 11 is 0. The minimum absolute atomic E-state index is 0.0197. The van der Waals surface area contributed by atoms with Crippen molar-refractivity contribution < 1.29 is 13.2 Å². The number of nitrogens with one attached hydrogen (secondary N) is 1. The van der Waals surface area contributed by atoms with E-state index in [0.717, 1.165) is 0 Å². The Morgan fingerprint density at radius 3 is 2.55 bits per heavy atom. The highest BCUT2D eigenvalue weighted by atomic mass is 19.1. The lowest BCUT2D eigenvalue weighted by atomic mass is 10.1. The molecule has 3 heterocycles. The first kappa shape index (κ1) is 18.4. The lowest BCUT2D eigenvalue weighted by Crippen LogP contribution is -2.01. The van der Waals surface area contributed by atoms with E-state index >= 15 is 0 Å². The number of aryl methyl sites for hydroxylation is 1. The third kappa shape index (κ3) is 3.59. The summed E-state index contributed by atoms with van der Waals surface area (Å²) in [5.41, 5.74) is 6.44. The number of nitrogen functional groups attached to an aromatic ring is 1. The maximum absolute atomic E-state index is 14.6. The highest BCUT2D eigenvalue weighted by Gasteiger charge is 2.15. The van der Waals surface area contributed by atoms with E-state index < -0.39 is 17.6 Å². The fraction of sp³-hybridized carbons (Fsp3) is 0.0526. The molecule has 0 fully saturated rings. The first-order valence-corrected chi connectivity index (χ1v) is 8.42. The molecule has 3 aromatic heterocycles. The Kier molecular flexibility index (Phi) is 4.59. The number of nitrogens with zero attached hydrogens (tertiary/aromatic N) is 5. The fourth-order valence-corrected chi connectivity index (χ4v) is 2.73. The van der Waals surface area contributed by atoms with E-state index in [-0.39, 0.29) is 16.9 Å². The summed E-state index contributed by atoms with van der Waals surface area (Å²) < 4.78 is 43.2. The van der Waals surface area contributed by atoms with E-state index in [0.29, 0.717) is 23.0 Å². The summed E-state index contributed by atoms with van der Waals surface area (Å²) in [5.74, 6) is -1.68. The highest BCUT2D eigenvalue weighted by molar-refractivity contribution is 5.70. The number of pyridine rings is 2. The molecule has 29 heavy (non-hydrogen) atoms. The van der Waals surface area contributed by atoms with Crippen molar-refractivity contribution in [2.24, 2.45) is 7.05 Å². The van der Waals surface area contributed by atoms with Crippen LogP contribution < -0.4 is 11.1 Å². The van der Waals surface area contributed by atoms with Crippen LogP contribution in [0.3, 0.4) is 0 Å². The van der Waals surface area contributed by atoms with Gasteiger partial charge in [-0.15, -0.1) is 5.10 Å². The third-order valence-electron chi connectivity index (χ3n) is 4.18. The summed E-state index contributed by atoms with van der Waals surface area (Å²) in [4.78, 5) is 11.5. The molecule has 0 saturated carbocycles. The third-order valence-corrected chi connectivity index (χ3v) is 4.18. The number of hydrogen-bond donors (Lipinski definition) is 2. The molecular weight excluding hydrogens is 383 g/mol. The Balaban J connectivity index is 1.61. The van der Waals surface area contributed by atoms with Crippen LogP contribution in [0, 0.1) is 17.6 Å². The second-order valence-electron chi connectivity index (χ2n) is 6.13. The van der Waals surface area contributed by atoms with Gasteiger partial charge >= 0.3 is 0 Å². The Morgan fingerprint density at radius 1 is 1.00 bits per heavy atom. The number of rotatable bonds is 4. The van der Waals surface area contributed by atoms with Crippen LogP contribution in [0.4, 0.5) is 30.6 Å². The van der Waals surface area contributed by atoms with Crippen LogP contribution in [-0.4, -0.2) is 24.7 Å². The molecule has 0 aliphatic rings. The van der Waals surface area contributed by atoms with Crippen molar-refractivity contribution in [3.05, 3.63) is 66.4 Å². The van der Waals surface area contributed by atoms with Gasteiger partial charge in [0.25, 0.3) is 0 Å². The molecule has 0 bridgehead atoms. The van der Waals surface area contributed by atoms with E-state index in [2.05, 4.69) is 25.4 Å². The van der Waals surface area contributed by atoms with Crippen molar-refractivity contribution in [2.45, 2.75) is 0 Å². The van der Waals surface area contributed by atoms with Crippen LogP contribution in [0.2, 0.25) is 0 Å². The molecule has 0 aliphatic heterocycles. The molecule has 7 nitrogen and oxygen atoms in total. The maximum atomic E-state index is 14.6. The SMILES string of the molecule is Cn1nc(-c2ccc(F)nc2)nc1Nc1ccc(-c2ccnc(N)c2F)c(F)c1. The number of nitrogens with two attached hydrogens (primary N) is 1. The average Bonchev–Trinajstić information content (AvgIpc) is 3.05. The van der Waals surface area contributed by atoms with Crippen molar-refractivity contribution in [3.8, 4) is 22.5 Å². The zero-order valence-electron chi connectivity index (χ0n) is 15.1. The fourth-order valence-electron chi connectivity index (χ4n) is 2.73. The van der Waals surface area contributed by atoms with Crippen LogP contribution in [0.15, 0.2) is 48.8 Å². The standard InChI is InChI=1S/C19H14F3N7/c1-29-19(27-18(28-29)10-2-5-15(21)25-9-10)26-11-3-4-12(14(20)8-11)13-6-7-24-17(23)16(13)22/h2-9H,1H3,(H2,23,24)(H,26,27,28). The first-order chi connectivity index (χ1) is 13.9. The monoisotopic (exact) mass is 397 g/mol. The molecule has 0 unspecified atom stereocenters. The zero-order valence-corrected chi connectivity index (χ0v) is 15.1. The van der Waals surface area contributed by atoms with E-state index in [9.17, 15) is 13.2 Å². The van der Waals surface area contributed by atoms with Gasteiger partial charge in [-0.05, 0) is 36.4 Å². The van der Waals surface area contributed by atoms with E-state index in [1.54, 1.807) is 13.1 Å². The largest absolute Gasteiger partial charge is 0.381 e. The number of benzene rings is 1. The second kappa shape index (κ2) is 7.23. The first-order valence-electron chi connectivity index (χ1n) is 8.42. The summed E-state index contributed by atoms with van der Waals surface area (Å²) in [6.07, 6.45) is 2.63. The Hall–Kier alpha value is -3.95. The summed E-state index contributed by atoms with van der Waals surface area (Å²) in [6.45, 7) is 0. The van der Waals surface area contributed by atoms with Crippen molar-refractivity contribution >= 4 is 17.5 Å². The topological polar surface area (TPSA) is 94.5 Å². The number of anilines is 3. The molecule has 0 aliphatic carbocycles. The second-order valence-corrected chi connectivity index (χ2v) is 6.13. The number of halogens is 3. The molecule has 0 saturated heterocycles. The van der Waals surface area contributed by atoms with Crippen molar-refractivity contribution in [1.29, 1.82) is 0 Å². The van der Waals surface area contributed by atoms with E-state index in [1.165, 1.54) is 47.4 Å². The molecule has 1 aromatic carbocycles. The molecule has 0 amide bonds.